The third kappa shape index (κ3) is 4.21. The van der Waals surface area contributed by atoms with Crippen molar-refractivity contribution in [1.29, 1.82) is 0 Å². The lowest BCUT2D eigenvalue weighted by molar-refractivity contribution is 0.394. The Balaban J connectivity index is 3.48. The molecule has 0 aromatic heterocycles. The minimum atomic E-state index is -3.77. The van der Waals surface area contributed by atoms with Crippen LogP contribution in [-0.4, -0.2) is 16.8 Å². The lowest BCUT2D eigenvalue weighted by Gasteiger charge is -1.91. The highest BCUT2D eigenvalue weighted by Gasteiger charge is 2.07. The maximum Gasteiger partial charge on any atom is 0.268 e. The van der Waals surface area contributed by atoms with E-state index in [-0.39, 0.29) is 0 Å². The minimum absolute atomic E-state index is 0.854. The molecule has 0 aromatic carbocycles. The first-order valence-electron chi connectivity index (χ1n) is 1.42. The van der Waals surface area contributed by atoms with Crippen molar-refractivity contribution >= 4 is 14.5 Å². The fourth-order valence-corrected chi connectivity index (χ4v) is 0. The monoisotopic (exact) mass is 107 g/mol. The smallest absolute Gasteiger partial charge is 0.268 e. The number of hydrogen-bond donors (Lipinski definition) is 2. The zero-order chi connectivity index (χ0) is 5.21. The summed E-state index contributed by atoms with van der Waals surface area (Å²) in [6.45, 7) is 2.17. The second kappa shape index (κ2) is 1.78. The van der Waals surface area contributed by atoms with E-state index in [1.807, 2.05) is 0 Å². The molecular formula is CH5BO3P. The van der Waals surface area contributed by atoms with Crippen molar-refractivity contribution in [1.82, 2.24) is 0 Å². The molecule has 0 rings (SSSR count). The molecule has 6 heavy (non-hydrogen) atoms. The average molecular weight is 107 g/mol. The van der Waals surface area contributed by atoms with Gasteiger partial charge in [0.25, 0.3) is 14.5 Å². The first-order chi connectivity index (χ1) is 2.56. The molecule has 0 fully saturated rings. The zero-order valence-corrected chi connectivity index (χ0v) is 4.22. The van der Waals surface area contributed by atoms with E-state index < -0.39 is 7.47 Å². The van der Waals surface area contributed by atoms with E-state index in [2.05, 4.69) is 0 Å². The van der Waals surface area contributed by atoms with Crippen LogP contribution in [0.4, 0.5) is 0 Å². The third-order valence-corrected chi connectivity index (χ3v) is 1.01. The van der Waals surface area contributed by atoms with Crippen LogP contribution in [0, 0.1) is 0 Å². The maximum absolute atomic E-state index is 9.64. The highest BCUT2D eigenvalue weighted by molar-refractivity contribution is 7.81. The molecule has 35 valence electrons. The molecule has 3 nitrogen and oxygen atoms in total. The van der Waals surface area contributed by atoms with E-state index in [9.17, 15) is 4.57 Å². The van der Waals surface area contributed by atoms with Crippen molar-refractivity contribution in [2.45, 2.75) is 6.82 Å². The summed E-state index contributed by atoms with van der Waals surface area (Å²) < 4.78 is 9.64. The largest absolute Gasteiger partial charge is 0.333 e. The molecule has 0 heterocycles. The van der Waals surface area contributed by atoms with Crippen LogP contribution in [-0.2, 0) is 4.57 Å². The first kappa shape index (κ1) is 6.21. The Bertz CT molecular complexity index is 74.9. The molecule has 0 aliphatic carbocycles. The van der Waals surface area contributed by atoms with Crippen LogP contribution >= 0.6 is 7.47 Å². The number of rotatable bonds is 1. The lowest BCUT2D eigenvalue weighted by Crippen LogP contribution is -1.81. The molecule has 0 unspecified atom stereocenters. The van der Waals surface area contributed by atoms with E-state index in [1.54, 1.807) is 0 Å². The first-order valence-corrected chi connectivity index (χ1v) is 3.10. The summed E-state index contributed by atoms with van der Waals surface area (Å²) in [7, 11) is -3.77. The van der Waals surface area contributed by atoms with E-state index in [0.717, 1.165) is 7.00 Å². The van der Waals surface area contributed by atoms with E-state index in [4.69, 9.17) is 9.79 Å². The summed E-state index contributed by atoms with van der Waals surface area (Å²) in [4.78, 5) is 15.8. The lowest BCUT2D eigenvalue weighted by atomic mass is 10.2. The summed E-state index contributed by atoms with van der Waals surface area (Å²) in [5, 5.41) is 0. The Hall–Kier alpha value is 0.215. The molecule has 1 radical (unpaired) electrons. The van der Waals surface area contributed by atoms with Crippen molar-refractivity contribution in [2.24, 2.45) is 0 Å². The van der Waals surface area contributed by atoms with Crippen molar-refractivity contribution in [3.8, 4) is 0 Å². The van der Waals surface area contributed by atoms with Gasteiger partial charge in [-0.2, -0.15) is 0 Å². The van der Waals surface area contributed by atoms with Gasteiger partial charge in [-0.05, 0) is 0 Å². The highest BCUT2D eigenvalue weighted by atomic mass is 31.2. The molecule has 0 spiro atoms. The maximum atomic E-state index is 9.64. The van der Waals surface area contributed by atoms with Gasteiger partial charge < -0.3 is 9.79 Å². The van der Waals surface area contributed by atoms with Gasteiger partial charge in [0.15, 0.2) is 0 Å². The molecular weight excluding hydrogens is 102 g/mol. The SMILES string of the molecule is C[B]P(=O)(O)O. The molecule has 0 aliphatic rings. The van der Waals surface area contributed by atoms with Gasteiger partial charge in [-0.1, -0.05) is 6.82 Å². The predicted octanol–water partition coefficient (Wildman–Crippen LogP) is -0.169. The average Bonchev–Trinajstić information content (AvgIpc) is 1.35. The molecule has 0 atom stereocenters. The predicted molar refractivity (Wildman–Crippen MR) is 23.7 cm³/mol. The van der Waals surface area contributed by atoms with Crippen LogP contribution in [0.1, 0.15) is 0 Å². The normalized spacial score (nSPS) is 11.2. The third-order valence-electron chi connectivity index (χ3n) is 0.336. The summed E-state index contributed by atoms with van der Waals surface area (Å²) >= 11 is 0. The zero-order valence-electron chi connectivity index (χ0n) is 3.33. The van der Waals surface area contributed by atoms with Gasteiger partial charge in [-0.3, -0.25) is 4.57 Å². The molecule has 5 heteroatoms. The summed E-state index contributed by atoms with van der Waals surface area (Å²) in [5.74, 6) is 0. The van der Waals surface area contributed by atoms with E-state index in [0.29, 0.717) is 0 Å². The quantitative estimate of drug-likeness (QED) is 0.361. The summed E-state index contributed by atoms with van der Waals surface area (Å²) in [6.07, 6.45) is 0. The number of hydrogen-bond acceptors (Lipinski definition) is 1. The van der Waals surface area contributed by atoms with Crippen molar-refractivity contribution in [3.63, 3.8) is 0 Å². The standard InChI is InChI=1S/CH5BO3P/c1-2-6(3,4)5/h1H3,(H2,3,4,5). The van der Waals surface area contributed by atoms with Crippen LogP contribution in [0.15, 0.2) is 0 Å². The highest BCUT2D eigenvalue weighted by Crippen LogP contribution is 2.30. The van der Waals surface area contributed by atoms with Gasteiger partial charge in [0.2, 0.25) is 0 Å². The summed E-state index contributed by atoms with van der Waals surface area (Å²) in [5.41, 5.74) is 0. The molecule has 0 bridgehead atoms. The van der Waals surface area contributed by atoms with Crippen LogP contribution in [0.5, 0.6) is 0 Å². The second-order valence-corrected chi connectivity index (χ2v) is 2.54. The Morgan fingerprint density at radius 2 is 1.83 bits per heavy atom. The van der Waals surface area contributed by atoms with Gasteiger partial charge in [-0.15, -0.1) is 0 Å². The van der Waals surface area contributed by atoms with Crippen LogP contribution in [0.25, 0.3) is 0 Å². The second-order valence-electron chi connectivity index (χ2n) is 0.847. The van der Waals surface area contributed by atoms with Crippen LogP contribution < -0.4 is 0 Å². The molecule has 0 saturated carbocycles. The minimum Gasteiger partial charge on any atom is -0.333 e. The van der Waals surface area contributed by atoms with Crippen molar-refractivity contribution < 1.29 is 14.4 Å². The molecule has 0 aromatic rings. The van der Waals surface area contributed by atoms with E-state index in [1.165, 1.54) is 6.82 Å². The Morgan fingerprint density at radius 1 is 1.67 bits per heavy atom. The van der Waals surface area contributed by atoms with Gasteiger partial charge >= 0.3 is 0 Å². The summed E-state index contributed by atoms with van der Waals surface area (Å²) in [6, 6.07) is 0. The fraction of sp³-hybridized carbons (Fsp3) is 1.00. The Morgan fingerprint density at radius 3 is 1.83 bits per heavy atom. The topological polar surface area (TPSA) is 57.5 Å². The van der Waals surface area contributed by atoms with Crippen molar-refractivity contribution in [3.05, 3.63) is 0 Å². The Labute approximate surface area is 36.7 Å². The molecule has 0 amide bonds. The van der Waals surface area contributed by atoms with E-state index >= 15 is 0 Å². The fourth-order valence-electron chi connectivity index (χ4n) is 0. The van der Waals surface area contributed by atoms with Crippen molar-refractivity contribution in [2.75, 3.05) is 0 Å². The van der Waals surface area contributed by atoms with Gasteiger partial charge in [0, 0.05) is 0 Å². The van der Waals surface area contributed by atoms with Gasteiger partial charge in [-0.25, -0.2) is 0 Å². The van der Waals surface area contributed by atoms with Crippen LogP contribution in [0.2, 0.25) is 6.82 Å². The van der Waals surface area contributed by atoms with Gasteiger partial charge in [0.1, 0.15) is 0 Å². The molecule has 0 aliphatic heterocycles. The van der Waals surface area contributed by atoms with Crippen LogP contribution in [0.3, 0.4) is 0 Å². The molecule has 0 saturated heterocycles. The van der Waals surface area contributed by atoms with Gasteiger partial charge in [0.05, 0.1) is 0 Å². The molecule has 2 N–H and O–H groups in total. The Kier molecular flexibility index (Phi) is 1.84.